The summed E-state index contributed by atoms with van der Waals surface area (Å²) in [6.45, 7) is 0.640. The molecule has 3 nitrogen and oxygen atoms in total. The number of aromatic nitrogens is 2. The Labute approximate surface area is 140 Å². The van der Waals surface area contributed by atoms with E-state index in [2.05, 4.69) is 43.0 Å². The predicted octanol–water partition coefficient (Wildman–Crippen LogP) is 4.71. The highest BCUT2D eigenvalue weighted by Gasteiger charge is 2.09. The largest absolute Gasteiger partial charge is 0.384 e. The zero-order valence-corrected chi connectivity index (χ0v) is 14.3. The molecule has 5 heteroatoms. The number of halogens is 2. The van der Waals surface area contributed by atoms with Crippen LogP contribution in [0.25, 0.3) is 11.3 Å². The number of nitrogens with two attached hydrogens (primary N) is 1. The van der Waals surface area contributed by atoms with E-state index in [9.17, 15) is 0 Å². The van der Waals surface area contributed by atoms with Crippen LogP contribution in [0.1, 0.15) is 5.56 Å². The second kappa shape index (κ2) is 6.03. The maximum absolute atomic E-state index is 6.09. The molecule has 0 atom stereocenters. The summed E-state index contributed by atoms with van der Waals surface area (Å²) in [5, 5.41) is 4.61. The van der Waals surface area contributed by atoms with Gasteiger partial charge in [-0.3, -0.25) is 0 Å². The van der Waals surface area contributed by atoms with Gasteiger partial charge in [0, 0.05) is 20.6 Å². The van der Waals surface area contributed by atoms with Crippen molar-refractivity contribution in [3.05, 3.63) is 69.1 Å². The highest BCUT2D eigenvalue weighted by molar-refractivity contribution is 9.10. The van der Waals surface area contributed by atoms with Crippen molar-refractivity contribution in [3.8, 4) is 11.3 Å². The molecule has 0 spiro atoms. The molecule has 0 fully saturated rings. The smallest absolute Gasteiger partial charge is 0.122 e. The Morgan fingerprint density at radius 1 is 1.00 bits per heavy atom. The van der Waals surface area contributed by atoms with Gasteiger partial charge in [-0.1, -0.05) is 62.2 Å². The van der Waals surface area contributed by atoms with Crippen LogP contribution in [-0.2, 0) is 6.54 Å². The van der Waals surface area contributed by atoms with Gasteiger partial charge < -0.3 is 5.73 Å². The Balaban J connectivity index is 1.93. The van der Waals surface area contributed by atoms with Crippen LogP contribution in [0, 0.1) is 0 Å². The molecule has 106 valence electrons. The van der Waals surface area contributed by atoms with E-state index in [0.29, 0.717) is 12.4 Å². The summed E-state index contributed by atoms with van der Waals surface area (Å²) in [5.41, 5.74) is 9.15. The molecular formula is C16H13Br2N3. The molecule has 3 rings (SSSR count). The van der Waals surface area contributed by atoms with E-state index in [1.54, 1.807) is 0 Å². The van der Waals surface area contributed by atoms with Crippen molar-refractivity contribution in [2.75, 3.05) is 5.73 Å². The van der Waals surface area contributed by atoms with Crippen molar-refractivity contribution >= 4 is 37.7 Å². The van der Waals surface area contributed by atoms with Crippen molar-refractivity contribution in [1.29, 1.82) is 0 Å². The maximum Gasteiger partial charge on any atom is 0.122 e. The summed E-state index contributed by atoms with van der Waals surface area (Å²) < 4.78 is 3.90. The Kier molecular flexibility index (Phi) is 4.12. The second-order valence-electron chi connectivity index (χ2n) is 4.71. The first kappa shape index (κ1) is 14.4. The molecule has 2 N–H and O–H groups in total. The van der Waals surface area contributed by atoms with Gasteiger partial charge in [-0.25, -0.2) is 4.68 Å². The molecule has 0 saturated carbocycles. The van der Waals surface area contributed by atoms with E-state index in [-0.39, 0.29) is 0 Å². The van der Waals surface area contributed by atoms with Crippen LogP contribution >= 0.6 is 31.9 Å². The Hall–Kier alpha value is -1.59. The zero-order valence-electron chi connectivity index (χ0n) is 11.1. The van der Waals surface area contributed by atoms with Crippen LogP contribution in [0.3, 0.4) is 0 Å². The second-order valence-corrected chi connectivity index (χ2v) is 6.48. The average Bonchev–Trinajstić information content (AvgIpc) is 2.83. The monoisotopic (exact) mass is 405 g/mol. The molecular weight excluding hydrogens is 394 g/mol. The molecule has 0 aliphatic carbocycles. The molecule has 0 saturated heterocycles. The van der Waals surface area contributed by atoms with Gasteiger partial charge in [0.1, 0.15) is 5.82 Å². The molecule has 2 aromatic carbocycles. The molecule has 0 bridgehead atoms. The Bertz CT molecular complexity index is 781. The molecule has 21 heavy (non-hydrogen) atoms. The normalized spacial score (nSPS) is 10.8. The number of benzene rings is 2. The fourth-order valence-corrected chi connectivity index (χ4v) is 2.94. The van der Waals surface area contributed by atoms with Crippen molar-refractivity contribution in [2.45, 2.75) is 6.54 Å². The van der Waals surface area contributed by atoms with E-state index in [1.807, 2.05) is 53.2 Å². The molecule has 0 unspecified atom stereocenters. The maximum atomic E-state index is 6.09. The fourth-order valence-electron chi connectivity index (χ4n) is 2.13. The van der Waals surface area contributed by atoms with Gasteiger partial charge in [0.25, 0.3) is 0 Å². The molecule has 1 heterocycles. The number of hydrogen-bond donors (Lipinski definition) is 1. The third kappa shape index (κ3) is 3.19. The lowest BCUT2D eigenvalue weighted by atomic mass is 10.2. The number of rotatable bonds is 3. The van der Waals surface area contributed by atoms with Gasteiger partial charge in [0.15, 0.2) is 0 Å². The first-order valence-electron chi connectivity index (χ1n) is 6.46. The van der Waals surface area contributed by atoms with Crippen LogP contribution in [-0.4, -0.2) is 9.78 Å². The molecule has 0 aliphatic heterocycles. The van der Waals surface area contributed by atoms with Crippen LogP contribution in [0.4, 0.5) is 5.82 Å². The minimum atomic E-state index is 0.640. The average molecular weight is 407 g/mol. The summed E-state index contributed by atoms with van der Waals surface area (Å²) in [7, 11) is 0. The number of anilines is 1. The van der Waals surface area contributed by atoms with Gasteiger partial charge in [-0.2, -0.15) is 5.10 Å². The predicted molar refractivity (Wildman–Crippen MR) is 93.0 cm³/mol. The third-order valence-electron chi connectivity index (χ3n) is 3.21. The van der Waals surface area contributed by atoms with E-state index >= 15 is 0 Å². The summed E-state index contributed by atoms with van der Waals surface area (Å²) in [4.78, 5) is 0. The van der Waals surface area contributed by atoms with E-state index in [1.165, 1.54) is 0 Å². The minimum absolute atomic E-state index is 0.640. The Morgan fingerprint density at radius 3 is 2.57 bits per heavy atom. The lowest BCUT2D eigenvalue weighted by Gasteiger charge is -2.06. The van der Waals surface area contributed by atoms with Crippen molar-refractivity contribution in [2.24, 2.45) is 0 Å². The lowest BCUT2D eigenvalue weighted by Crippen LogP contribution is -2.06. The lowest BCUT2D eigenvalue weighted by molar-refractivity contribution is 0.698. The van der Waals surface area contributed by atoms with Gasteiger partial charge in [-0.15, -0.1) is 0 Å². The molecule has 0 aliphatic rings. The topological polar surface area (TPSA) is 43.8 Å². The Morgan fingerprint density at radius 2 is 1.81 bits per heavy atom. The van der Waals surface area contributed by atoms with Gasteiger partial charge in [0.2, 0.25) is 0 Å². The van der Waals surface area contributed by atoms with Crippen molar-refractivity contribution in [3.63, 3.8) is 0 Å². The number of nitrogens with zero attached hydrogens (tertiary/aromatic N) is 2. The van der Waals surface area contributed by atoms with Crippen LogP contribution in [0.5, 0.6) is 0 Å². The van der Waals surface area contributed by atoms with E-state index in [4.69, 9.17) is 5.73 Å². The van der Waals surface area contributed by atoms with Gasteiger partial charge in [-0.05, 0) is 23.8 Å². The summed E-state index contributed by atoms with van der Waals surface area (Å²) in [6, 6.07) is 18.0. The van der Waals surface area contributed by atoms with Gasteiger partial charge >= 0.3 is 0 Å². The highest BCUT2D eigenvalue weighted by atomic mass is 79.9. The van der Waals surface area contributed by atoms with Crippen molar-refractivity contribution < 1.29 is 0 Å². The summed E-state index contributed by atoms with van der Waals surface area (Å²) in [5.74, 6) is 0.653. The fraction of sp³-hybridized carbons (Fsp3) is 0.0625. The van der Waals surface area contributed by atoms with E-state index in [0.717, 1.165) is 25.8 Å². The van der Waals surface area contributed by atoms with Crippen LogP contribution in [0.2, 0.25) is 0 Å². The molecule has 0 amide bonds. The molecule has 0 radical (unpaired) electrons. The quantitative estimate of drug-likeness (QED) is 0.684. The number of nitrogen functional groups attached to an aromatic ring is 1. The minimum Gasteiger partial charge on any atom is -0.384 e. The third-order valence-corrected chi connectivity index (χ3v) is 4.48. The summed E-state index contributed by atoms with van der Waals surface area (Å²) >= 11 is 7.03. The molecule has 3 aromatic rings. The standard InChI is InChI=1S/C16H13Br2N3/c17-13-6-3-5-11(8-13)15-9-16(19)21(20-15)10-12-4-1-2-7-14(12)18/h1-9H,10,19H2. The summed E-state index contributed by atoms with van der Waals surface area (Å²) in [6.07, 6.45) is 0. The van der Waals surface area contributed by atoms with Crippen LogP contribution in [0.15, 0.2) is 63.5 Å². The number of hydrogen-bond acceptors (Lipinski definition) is 2. The van der Waals surface area contributed by atoms with Crippen molar-refractivity contribution in [1.82, 2.24) is 9.78 Å². The SMILES string of the molecule is Nc1cc(-c2cccc(Br)c2)nn1Cc1ccccc1Br. The van der Waals surface area contributed by atoms with Gasteiger partial charge in [0.05, 0.1) is 12.2 Å². The van der Waals surface area contributed by atoms with Crippen LogP contribution < -0.4 is 5.73 Å². The highest BCUT2D eigenvalue weighted by Crippen LogP contribution is 2.25. The first-order valence-corrected chi connectivity index (χ1v) is 8.05. The molecule has 1 aromatic heterocycles. The zero-order chi connectivity index (χ0) is 14.8. The first-order chi connectivity index (χ1) is 10.1. The van der Waals surface area contributed by atoms with E-state index < -0.39 is 0 Å².